The molecule has 136 valence electrons. The van der Waals surface area contributed by atoms with Gasteiger partial charge in [-0.15, -0.1) is 0 Å². The third kappa shape index (κ3) is 3.40. The summed E-state index contributed by atoms with van der Waals surface area (Å²) in [5.74, 6) is -1.23. The normalized spacial score (nSPS) is 15.5. The summed E-state index contributed by atoms with van der Waals surface area (Å²) in [4.78, 5) is 2.27. The van der Waals surface area contributed by atoms with E-state index in [4.69, 9.17) is 14.0 Å². The zero-order chi connectivity index (χ0) is 17.9. The zero-order valence-corrected chi connectivity index (χ0v) is 14.1. The monoisotopic (exact) mass is 360 g/mol. The second-order valence-electron chi connectivity index (χ2n) is 6.10. The Labute approximate surface area is 149 Å². The van der Waals surface area contributed by atoms with E-state index in [1.54, 1.807) is 0 Å². The van der Waals surface area contributed by atoms with E-state index in [2.05, 4.69) is 10.1 Å². The SMILES string of the molecule is Fc1ccc(-c2noc3c(OCCN4CCOCC4)cccc23)cc1F. The molecule has 0 spiro atoms. The molecule has 2 heterocycles. The first-order chi connectivity index (χ1) is 12.7. The summed E-state index contributed by atoms with van der Waals surface area (Å²) in [5, 5.41) is 4.72. The van der Waals surface area contributed by atoms with Crippen molar-refractivity contribution in [3.05, 3.63) is 48.0 Å². The van der Waals surface area contributed by atoms with Gasteiger partial charge in [0.15, 0.2) is 17.4 Å². The van der Waals surface area contributed by atoms with Crippen molar-refractivity contribution in [2.24, 2.45) is 0 Å². The molecule has 1 aliphatic heterocycles. The number of rotatable bonds is 5. The highest BCUT2D eigenvalue weighted by molar-refractivity contribution is 5.94. The molecule has 0 unspecified atom stereocenters. The lowest BCUT2D eigenvalue weighted by Crippen LogP contribution is -2.38. The quantitative estimate of drug-likeness (QED) is 0.697. The van der Waals surface area contributed by atoms with E-state index < -0.39 is 11.6 Å². The number of ether oxygens (including phenoxy) is 2. The standard InChI is InChI=1S/C19H18F2N2O3/c20-15-5-4-13(12-16(15)21)18-14-2-1-3-17(19(14)26-22-18)25-11-8-23-6-9-24-10-7-23/h1-5,12H,6-11H2. The predicted octanol–water partition coefficient (Wildman–Crippen LogP) is 3.48. The fourth-order valence-electron chi connectivity index (χ4n) is 3.01. The maximum absolute atomic E-state index is 13.5. The number of para-hydroxylation sites is 1. The van der Waals surface area contributed by atoms with Gasteiger partial charge in [0.1, 0.15) is 12.3 Å². The Hall–Kier alpha value is -2.51. The predicted molar refractivity (Wildman–Crippen MR) is 92.1 cm³/mol. The van der Waals surface area contributed by atoms with Crippen molar-refractivity contribution < 1.29 is 22.8 Å². The molecular weight excluding hydrogens is 342 g/mol. The van der Waals surface area contributed by atoms with Gasteiger partial charge >= 0.3 is 0 Å². The van der Waals surface area contributed by atoms with Crippen molar-refractivity contribution in [3.8, 4) is 17.0 Å². The topological polar surface area (TPSA) is 47.7 Å². The Kier molecular flexibility index (Phi) is 4.81. The molecule has 5 nitrogen and oxygen atoms in total. The molecule has 0 bridgehead atoms. The molecule has 7 heteroatoms. The van der Waals surface area contributed by atoms with Gasteiger partial charge in [-0.2, -0.15) is 0 Å². The van der Waals surface area contributed by atoms with Gasteiger partial charge in [-0.1, -0.05) is 11.2 Å². The van der Waals surface area contributed by atoms with Crippen LogP contribution in [-0.4, -0.2) is 49.5 Å². The first-order valence-electron chi connectivity index (χ1n) is 8.49. The van der Waals surface area contributed by atoms with Crippen LogP contribution in [0.2, 0.25) is 0 Å². The maximum atomic E-state index is 13.5. The summed E-state index contributed by atoms with van der Waals surface area (Å²) in [6.45, 7) is 4.60. The fraction of sp³-hybridized carbons (Fsp3) is 0.316. The Balaban J connectivity index is 1.53. The van der Waals surface area contributed by atoms with Crippen LogP contribution in [0, 0.1) is 11.6 Å². The lowest BCUT2D eigenvalue weighted by molar-refractivity contribution is 0.0322. The van der Waals surface area contributed by atoms with E-state index in [1.165, 1.54) is 6.07 Å². The molecule has 0 N–H and O–H groups in total. The minimum atomic E-state index is -0.920. The summed E-state index contributed by atoms with van der Waals surface area (Å²) in [6, 6.07) is 9.11. The lowest BCUT2D eigenvalue weighted by atomic mass is 10.1. The first kappa shape index (κ1) is 16.9. The molecule has 3 aromatic rings. The Bertz CT molecular complexity index is 907. The van der Waals surface area contributed by atoms with Crippen LogP contribution in [0.25, 0.3) is 22.2 Å². The summed E-state index contributed by atoms with van der Waals surface area (Å²) < 4.78 is 43.3. The molecule has 26 heavy (non-hydrogen) atoms. The molecule has 1 aromatic heterocycles. The van der Waals surface area contributed by atoms with E-state index in [9.17, 15) is 8.78 Å². The number of nitrogens with zero attached hydrogens (tertiary/aromatic N) is 2. The summed E-state index contributed by atoms with van der Waals surface area (Å²) in [5.41, 5.74) is 1.40. The highest BCUT2D eigenvalue weighted by atomic mass is 19.2. The fourth-order valence-corrected chi connectivity index (χ4v) is 3.01. The van der Waals surface area contributed by atoms with Crippen LogP contribution in [0.1, 0.15) is 0 Å². The summed E-state index contributed by atoms with van der Waals surface area (Å²) >= 11 is 0. The average Bonchev–Trinajstić information content (AvgIpc) is 3.10. The molecule has 2 aromatic carbocycles. The van der Waals surface area contributed by atoms with Crippen LogP contribution in [-0.2, 0) is 4.74 Å². The molecule has 1 fully saturated rings. The van der Waals surface area contributed by atoms with Crippen LogP contribution in [0.3, 0.4) is 0 Å². The van der Waals surface area contributed by atoms with Gasteiger partial charge < -0.3 is 14.0 Å². The van der Waals surface area contributed by atoms with Crippen molar-refractivity contribution in [2.45, 2.75) is 0 Å². The molecule has 0 atom stereocenters. The van der Waals surface area contributed by atoms with Gasteiger partial charge in [0.25, 0.3) is 0 Å². The van der Waals surface area contributed by atoms with Crippen LogP contribution in [0.5, 0.6) is 5.75 Å². The molecule has 1 aliphatic rings. The third-order valence-corrected chi connectivity index (χ3v) is 4.42. The van der Waals surface area contributed by atoms with Gasteiger partial charge in [0, 0.05) is 25.2 Å². The summed E-state index contributed by atoms with van der Waals surface area (Å²) in [7, 11) is 0. The molecule has 0 amide bonds. The first-order valence-corrected chi connectivity index (χ1v) is 8.49. The van der Waals surface area contributed by atoms with Crippen molar-refractivity contribution in [2.75, 3.05) is 39.5 Å². The van der Waals surface area contributed by atoms with E-state index in [0.29, 0.717) is 34.6 Å². The zero-order valence-electron chi connectivity index (χ0n) is 14.1. The number of fused-ring (bicyclic) bond motifs is 1. The third-order valence-electron chi connectivity index (χ3n) is 4.42. The number of aromatic nitrogens is 1. The van der Waals surface area contributed by atoms with Crippen LogP contribution < -0.4 is 4.74 Å². The van der Waals surface area contributed by atoms with Crippen molar-refractivity contribution in [1.29, 1.82) is 0 Å². The molecule has 0 saturated carbocycles. The smallest absolute Gasteiger partial charge is 0.209 e. The Morgan fingerprint density at radius 3 is 2.73 bits per heavy atom. The second-order valence-corrected chi connectivity index (χ2v) is 6.10. The number of benzene rings is 2. The minimum absolute atomic E-state index is 0.452. The summed E-state index contributed by atoms with van der Waals surface area (Å²) in [6.07, 6.45) is 0. The Morgan fingerprint density at radius 1 is 1.08 bits per heavy atom. The average molecular weight is 360 g/mol. The minimum Gasteiger partial charge on any atom is -0.488 e. The largest absolute Gasteiger partial charge is 0.488 e. The van der Waals surface area contributed by atoms with E-state index in [1.807, 2.05) is 18.2 Å². The van der Waals surface area contributed by atoms with Crippen molar-refractivity contribution >= 4 is 11.0 Å². The van der Waals surface area contributed by atoms with Gasteiger partial charge in [-0.25, -0.2) is 8.78 Å². The number of hydrogen-bond donors (Lipinski definition) is 0. The van der Waals surface area contributed by atoms with Gasteiger partial charge in [0.05, 0.1) is 18.6 Å². The van der Waals surface area contributed by atoms with Gasteiger partial charge in [-0.3, -0.25) is 4.90 Å². The molecule has 4 rings (SSSR count). The van der Waals surface area contributed by atoms with E-state index in [-0.39, 0.29) is 0 Å². The van der Waals surface area contributed by atoms with E-state index >= 15 is 0 Å². The van der Waals surface area contributed by atoms with Crippen LogP contribution in [0.15, 0.2) is 40.9 Å². The lowest BCUT2D eigenvalue weighted by Gasteiger charge is -2.26. The maximum Gasteiger partial charge on any atom is 0.209 e. The van der Waals surface area contributed by atoms with Gasteiger partial charge in [0.2, 0.25) is 5.58 Å². The van der Waals surface area contributed by atoms with Crippen molar-refractivity contribution in [1.82, 2.24) is 10.1 Å². The number of morpholine rings is 1. The van der Waals surface area contributed by atoms with Gasteiger partial charge in [-0.05, 0) is 30.3 Å². The second kappa shape index (κ2) is 7.39. The molecule has 1 saturated heterocycles. The highest BCUT2D eigenvalue weighted by Gasteiger charge is 2.16. The Morgan fingerprint density at radius 2 is 1.92 bits per heavy atom. The van der Waals surface area contributed by atoms with Crippen molar-refractivity contribution in [3.63, 3.8) is 0 Å². The molecular formula is C19H18F2N2O3. The molecule has 0 radical (unpaired) electrons. The number of hydrogen-bond acceptors (Lipinski definition) is 5. The highest BCUT2D eigenvalue weighted by Crippen LogP contribution is 2.33. The number of halogens is 2. The van der Waals surface area contributed by atoms with E-state index in [0.717, 1.165) is 45.0 Å². The van der Waals surface area contributed by atoms with Crippen LogP contribution in [0.4, 0.5) is 8.78 Å². The van der Waals surface area contributed by atoms with Crippen LogP contribution >= 0.6 is 0 Å². The molecule has 0 aliphatic carbocycles.